The van der Waals surface area contributed by atoms with Gasteiger partial charge < -0.3 is 20.4 Å². The van der Waals surface area contributed by atoms with Crippen molar-refractivity contribution < 1.29 is 20.4 Å². The second-order valence-electron chi connectivity index (χ2n) is 5.32. The molecule has 1 aliphatic carbocycles. The molecule has 1 rings (SSSR count). The number of rotatable bonds is 6. The summed E-state index contributed by atoms with van der Waals surface area (Å²) >= 11 is 0. The number of aliphatic hydroxyl groups is 4. The van der Waals surface area contributed by atoms with Crippen LogP contribution >= 0.6 is 0 Å². The predicted octanol–water partition coefficient (Wildman–Crippen LogP) is 1.31. The molecule has 4 heteroatoms. The average Bonchev–Trinajstić information content (AvgIpc) is 2.39. The molecule has 0 amide bonds. The van der Waals surface area contributed by atoms with Gasteiger partial charge in [0.2, 0.25) is 0 Å². The molecule has 1 aliphatic rings. The number of hydrogen-bond acceptors (Lipinski definition) is 4. The Bertz CT molecular complexity index is 153. The van der Waals surface area contributed by atoms with Gasteiger partial charge in [-0.2, -0.15) is 0 Å². The molecule has 0 aromatic carbocycles. The monoisotopic (exact) mass is 262 g/mol. The van der Waals surface area contributed by atoms with E-state index in [1.807, 2.05) is 0 Å². The van der Waals surface area contributed by atoms with Crippen LogP contribution in [0.4, 0.5) is 0 Å². The lowest BCUT2D eigenvalue weighted by atomic mass is 9.83. The summed E-state index contributed by atoms with van der Waals surface area (Å²) in [6, 6.07) is 0. The first-order chi connectivity index (χ1) is 8.63. The van der Waals surface area contributed by atoms with E-state index in [4.69, 9.17) is 20.4 Å². The second-order valence-corrected chi connectivity index (χ2v) is 5.32. The number of hydrogen-bond donors (Lipinski definition) is 4. The van der Waals surface area contributed by atoms with Gasteiger partial charge in [-0.25, -0.2) is 0 Å². The Labute approximate surface area is 111 Å². The molecule has 0 aliphatic heterocycles. The predicted molar refractivity (Wildman–Crippen MR) is 72.2 cm³/mol. The van der Waals surface area contributed by atoms with Crippen LogP contribution in [0.2, 0.25) is 0 Å². The Kier molecular flexibility index (Phi) is 11.8. The lowest BCUT2D eigenvalue weighted by Crippen LogP contribution is -2.19. The van der Waals surface area contributed by atoms with Crippen molar-refractivity contribution in [1.82, 2.24) is 0 Å². The molecule has 0 bridgehead atoms. The molecule has 0 saturated heterocycles. The molecule has 1 unspecified atom stereocenters. The first kappa shape index (κ1) is 17.8. The van der Waals surface area contributed by atoms with E-state index in [2.05, 4.69) is 0 Å². The van der Waals surface area contributed by atoms with Gasteiger partial charge in [-0.3, -0.25) is 0 Å². The molecule has 0 aromatic heterocycles. The topological polar surface area (TPSA) is 80.9 Å². The van der Waals surface area contributed by atoms with Crippen molar-refractivity contribution in [3.8, 4) is 0 Å². The Balaban J connectivity index is 0.000000331. The minimum Gasteiger partial charge on any atom is -0.396 e. The minimum absolute atomic E-state index is 0.207. The molecule has 4 nitrogen and oxygen atoms in total. The van der Waals surface area contributed by atoms with Crippen LogP contribution in [0.25, 0.3) is 0 Å². The molecule has 0 radical (unpaired) electrons. The zero-order chi connectivity index (χ0) is 13.8. The van der Waals surface area contributed by atoms with Crippen LogP contribution in [0.5, 0.6) is 0 Å². The van der Waals surface area contributed by atoms with Gasteiger partial charge >= 0.3 is 0 Å². The molecular weight excluding hydrogens is 232 g/mol. The first-order valence-corrected chi connectivity index (χ1v) is 7.14. The van der Waals surface area contributed by atoms with Crippen molar-refractivity contribution >= 4 is 0 Å². The lowest BCUT2D eigenvalue weighted by molar-refractivity contribution is 0.131. The van der Waals surface area contributed by atoms with Crippen LogP contribution in [0.15, 0.2) is 0 Å². The van der Waals surface area contributed by atoms with Crippen LogP contribution in [0, 0.1) is 11.8 Å². The highest BCUT2D eigenvalue weighted by atomic mass is 16.3. The Morgan fingerprint density at radius 1 is 0.889 bits per heavy atom. The summed E-state index contributed by atoms with van der Waals surface area (Å²) in [5, 5.41) is 34.6. The van der Waals surface area contributed by atoms with Crippen molar-refractivity contribution in [3.63, 3.8) is 0 Å². The van der Waals surface area contributed by atoms with E-state index in [1.165, 1.54) is 0 Å². The zero-order valence-electron chi connectivity index (χ0n) is 11.6. The third kappa shape index (κ3) is 9.83. The van der Waals surface area contributed by atoms with Gasteiger partial charge in [0.15, 0.2) is 0 Å². The zero-order valence-corrected chi connectivity index (χ0v) is 11.6. The fourth-order valence-corrected chi connectivity index (χ4v) is 2.15. The van der Waals surface area contributed by atoms with E-state index in [-0.39, 0.29) is 12.7 Å². The van der Waals surface area contributed by atoms with Gasteiger partial charge in [-0.05, 0) is 63.7 Å². The van der Waals surface area contributed by atoms with Crippen molar-refractivity contribution in [1.29, 1.82) is 0 Å². The van der Waals surface area contributed by atoms with Gasteiger partial charge in [0.25, 0.3) is 0 Å². The molecule has 4 N–H and O–H groups in total. The third-order valence-electron chi connectivity index (χ3n) is 3.51. The van der Waals surface area contributed by atoms with Gasteiger partial charge in [-0.1, -0.05) is 0 Å². The van der Waals surface area contributed by atoms with E-state index >= 15 is 0 Å². The highest BCUT2D eigenvalue weighted by molar-refractivity contribution is 4.70. The highest BCUT2D eigenvalue weighted by Gasteiger charge is 2.19. The molecule has 110 valence electrons. The van der Waals surface area contributed by atoms with Gasteiger partial charge in [-0.15, -0.1) is 0 Å². The normalized spacial score (nSPS) is 25.2. The van der Waals surface area contributed by atoms with Gasteiger partial charge in [0.05, 0.1) is 6.10 Å². The van der Waals surface area contributed by atoms with Gasteiger partial charge in [0.1, 0.15) is 0 Å². The second kappa shape index (κ2) is 11.9. The molecule has 0 spiro atoms. The van der Waals surface area contributed by atoms with E-state index in [9.17, 15) is 0 Å². The molecule has 18 heavy (non-hydrogen) atoms. The maximum atomic E-state index is 8.79. The van der Waals surface area contributed by atoms with Crippen LogP contribution in [0.1, 0.15) is 51.9 Å². The number of aliphatic hydroxyl groups excluding tert-OH is 4. The largest absolute Gasteiger partial charge is 0.396 e. The van der Waals surface area contributed by atoms with Crippen molar-refractivity contribution in [2.45, 2.75) is 58.0 Å². The van der Waals surface area contributed by atoms with Crippen molar-refractivity contribution in [2.24, 2.45) is 11.8 Å². The Hall–Kier alpha value is -0.160. The molecule has 1 saturated carbocycles. The molecular formula is C14H30O4. The first-order valence-electron chi connectivity index (χ1n) is 7.14. The average molecular weight is 262 g/mol. The number of unbranched alkanes of at least 4 members (excludes halogenated alkanes) is 1. The SMILES string of the molecule is CC(O)CCCCO.OCC1CCC(CO)CC1. The fourth-order valence-electron chi connectivity index (χ4n) is 2.15. The lowest BCUT2D eigenvalue weighted by Gasteiger charge is -2.25. The van der Waals surface area contributed by atoms with Crippen LogP contribution in [-0.4, -0.2) is 46.4 Å². The molecule has 1 fully saturated rings. The van der Waals surface area contributed by atoms with Crippen LogP contribution < -0.4 is 0 Å². The summed E-state index contributed by atoms with van der Waals surface area (Å²) in [6.45, 7) is 2.67. The van der Waals surface area contributed by atoms with E-state index in [0.29, 0.717) is 25.0 Å². The maximum Gasteiger partial charge on any atom is 0.0512 e. The maximum absolute atomic E-state index is 8.79. The van der Waals surface area contributed by atoms with Crippen molar-refractivity contribution in [2.75, 3.05) is 19.8 Å². The van der Waals surface area contributed by atoms with Crippen LogP contribution in [0.3, 0.4) is 0 Å². The summed E-state index contributed by atoms with van der Waals surface area (Å²) in [5.41, 5.74) is 0. The van der Waals surface area contributed by atoms with Crippen molar-refractivity contribution in [3.05, 3.63) is 0 Å². The summed E-state index contributed by atoms with van der Waals surface area (Å²) in [7, 11) is 0. The summed E-state index contributed by atoms with van der Waals surface area (Å²) < 4.78 is 0. The van der Waals surface area contributed by atoms with Crippen LogP contribution in [-0.2, 0) is 0 Å². The smallest absolute Gasteiger partial charge is 0.0512 e. The summed E-state index contributed by atoms with van der Waals surface area (Å²) in [4.78, 5) is 0. The summed E-state index contributed by atoms with van der Waals surface area (Å²) in [6.07, 6.45) is 6.73. The molecule has 0 heterocycles. The molecule has 1 atom stereocenters. The Morgan fingerprint density at radius 3 is 1.61 bits per heavy atom. The van der Waals surface area contributed by atoms with Gasteiger partial charge in [0, 0.05) is 19.8 Å². The van der Waals surface area contributed by atoms with E-state index in [1.54, 1.807) is 6.92 Å². The minimum atomic E-state index is -0.207. The Morgan fingerprint density at radius 2 is 1.33 bits per heavy atom. The highest BCUT2D eigenvalue weighted by Crippen LogP contribution is 2.27. The summed E-state index contributed by atoms with van der Waals surface area (Å²) in [5.74, 6) is 1.03. The van der Waals surface area contributed by atoms with E-state index in [0.717, 1.165) is 44.9 Å². The quantitative estimate of drug-likeness (QED) is 0.544. The third-order valence-corrected chi connectivity index (χ3v) is 3.51. The molecule has 0 aromatic rings. The standard InChI is InChI=1S/C8H16O2.C6H14O2/c9-5-7-1-2-8(6-10)4-3-7;1-6(8)4-2-3-5-7/h7-10H,1-6H2;6-8H,2-5H2,1H3. The fraction of sp³-hybridized carbons (Fsp3) is 1.00. The van der Waals surface area contributed by atoms with E-state index < -0.39 is 0 Å².